The van der Waals surface area contributed by atoms with Crippen LogP contribution in [-0.4, -0.2) is 7.13 Å². The maximum absolute atomic E-state index is 5.52. The van der Waals surface area contributed by atoms with Crippen LogP contribution in [0.1, 0.15) is 0 Å². The third-order valence-electron chi connectivity index (χ3n) is 1.48. The van der Waals surface area contributed by atoms with Gasteiger partial charge in [-0.15, -0.1) is 0 Å². The first-order chi connectivity index (χ1) is 4.86. The van der Waals surface area contributed by atoms with Crippen LogP contribution in [0.4, 0.5) is 5.69 Å². The summed E-state index contributed by atoms with van der Waals surface area (Å²) in [6, 6.07) is 5.61. The Bertz CT molecular complexity index is 355. The van der Waals surface area contributed by atoms with Crippen molar-refractivity contribution in [3.8, 4) is 0 Å². The van der Waals surface area contributed by atoms with Gasteiger partial charge in [0.15, 0.2) is 0 Å². The van der Waals surface area contributed by atoms with E-state index in [9.17, 15) is 0 Å². The Morgan fingerprint density at radius 2 is 2.30 bits per heavy atom. The first-order valence-electron chi connectivity index (χ1n) is 3.09. The average Bonchev–Trinajstić information content (AvgIpc) is 2.33. The van der Waals surface area contributed by atoms with E-state index in [1.165, 1.54) is 0 Å². The second-order valence-electron chi connectivity index (χ2n) is 2.22. The van der Waals surface area contributed by atoms with Gasteiger partial charge in [-0.05, 0) is 0 Å². The summed E-state index contributed by atoms with van der Waals surface area (Å²) in [5.41, 5.74) is 7.11. The van der Waals surface area contributed by atoms with Crippen molar-refractivity contribution in [1.29, 1.82) is 0 Å². The molecule has 1 heterocycles. The third kappa shape index (κ3) is 0.710. The molecule has 0 unspecified atom stereocenters. The summed E-state index contributed by atoms with van der Waals surface area (Å²) < 4.78 is 5.12. The molecule has 1 aromatic heterocycles. The molecule has 0 amide bonds. The summed E-state index contributed by atoms with van der Waals surface area (Å²) in [6.07, 6.45) is 0. The summed E-state index contributed by atoms with van der Waals surface area (Å²) in [7, 11) is 1.66. The van der Waals surface area contributed by atoms with Crippen LogP contribution in [0, 0.1) is 0 Å². The molecule has 1 aromatic carbocycles. The van der Waals surface area contributed by atoms with Crippen molar-refractivity contribution in [2.24, 2.45) is 0 Å². The maximum atomic E-state index is 5.52. The topological polar surface area (TPSA) is 39.2 Å². The van der Waals surface area contributed by atoms with E-state index in [2.05, 4.69) is 0 Å². The van der Waals surface area contributed by atoms with Gasteiger partial charge in [0.1, 0.15) is 0 Å². The fourth-order valence-electron chi connectivity index (χ4n) is 0.971. The molecule has 2 N–H and O–H groups in total. The summed E-state index contributed by atoms with van der Waals surface area (Å²) in [4.78, 5) is 0. The second-order valence-corrected chi connectivity index (χ2v) is 2.22. The van der Waals surface area contributed by atoms with Gasteiger partial charge in [0.25, 0.3) is 0 Å². The van der Waals surface area contributed by atoms with Crippen molar-refractivity contribution >= 4 is 23.8 Å². The Balaban J connectivity index is 2.86. The summed E-state index contributed by atoms with van der Waals surface area (Å²) in [5.74, 6) is 1.91. The second kappa shape index (κ2) is 1.87. The molecule has 0 aliphatic carbocycles. The van der Waals surface area contributed by atoms with Crippen molar-refractivity contribution in [3.05, 3.63) is 24.2 Å². The quantitative estimate of drug-likeness (QED) is 0.548. The Labute approximate surface area is 58.9 Å². The van der Waals surface area contributed by atoms with Crippen molar-refractivity contribution in [2.45, 2.75) is 0 Å². The molecular weight excluding hydrogens is 125 g/mol. The number of hydrogen-bond acceptors (Lipinski definition) is 2. The van der Waals surface area contributed by atoms with E-state index in [1.54, 1.807) is 7.13 Å². The standard InChI is InChI=1S/C7H6BNO/c9-6-2-1-5-4-8-10-7(5)3-6/h1-4H,9H2. The minimum absolute atomic E-state index is 0.738. The van der Waals surface area contributed by atoms with E-state index in [-0.39, 0.29) is 0 Å². The fourth-order valence-corrected chi connectivity index (χ4v) is 0.971. The number of hydrogen-bond donors (Lipinski definition) is 1. The van der Waals surface area contributed by atoms with Crippen molar-refractivity contribution < 1.29 is 4.33 Å². The number of nitrogen functional groups attached to an aromatic ring is 1. The van der Waals surface area contributed by atoms with E-state index < -0.39 is 0 Å². The van der Waals surface area contributed by atoms with Crippen LogP contribution in [0.15, 0.2) is 28.5 Å². The van der Waals surface area contributed by atoms with Crippen LogP contribution in [0.2, 0.25) is 0 Å². The first kappa shape index (κ1) is 5.53. The molecule has 3 heteroatoms. The van der Waals surface area contributed by atoms with Gasteiger partial charge in [0, 0.05) is 0 Å². The van der Waals surface area contributed by atoms with Crippen LogP contribution in [0.5, 0.6) is 0 Å². The van der Waals surface area contributed by atoms with E-state index >= 15 is 0 Å². The van der Waals surface area contributed by atoms with E-state index in [0.29, 0.717) is 0 Å². The normalized spacial score (nSPS) is 10.0. The number of rotatable bonds is 0. The molecule has 2 aromatic rings. The molecule has 48 valence electrons. The molecule has 0 saturated carbocycles. The molecule has 2 rings (SSSR count). The predicted octanol–water partition coefficient (Wildman–Crippen LogP) is 1.35. The Morgan fingerprint density at radius 1 is 1.40 bits per heavy atom. The molecule has 0 saturated heterocycles. The van der Waals surface area contributed by atoms with Crippen LogP contribution in [0.3, 0.4) is 0 Å². The third-order valence-corrected chi connectivity index (χ3v) is 1.48. The molecule has 0 atom stereocenters. The first-order valence-corrected chi connectivity index (χ1v) is 3.09. The summed E-state index contributed by atoms with van der Waals surface area (Å²) in [6.45, 7) is 0. The predicted molar refractivity (Wildman–Crippen MR) is 42.0 cm³/mol. The monoisotopic (exact) mass is 131 g/mol. The molecule has 0 fully saturated rings. The van der Waals surface area contributed by atoms with Crippen molar-refractivity contribution in [3.63, 3.8) is 0 Å². The SMILES string of the molecule is Nc1ccc2cboc2c1. The van der Waals surface area contributed by atoms with Crippen LogP contribution in [-0.2, 0) is 0 Å². The van der Waals surface area contributed by atoms with Crippen LogP contribution < -0.4 is 5.73 Å². The minimum atomic E-state index is 0.738. The van der Waals surface area contributed by atoms with Gasteiger partial charge in [0.05, 0.1) is 0 Å². The Hall–Kier alpha value is -1.25. The van der Waals surface area contributed by atoms with Gasteiger partial charge in [0.2, 0.25) is 0 Å². The van der Waals surface area contributed by atoms with Crippen LogP contribution >= 0.6 is 0 Å². The molecule has 0 radical (unpaired) electrons. The molecule has 0 aliphatic heterocycles. The molecule has 0 spiro atoms. The van der Waals surface area contributed by atoms with Gasteiger partial charge >= 0.3 is 58.0 Å². The van der Waals surface area contributed by atoms with Gasteiger partial charge < -0.3 is 0 Å². The number of fused-ring (bicyclic) bond motifs is 1. The van der Waals surface area contributed by atoms with Gasteiger partial charge in [-0.25, -0.2) is 0 Å². The zero-order valence-corrected chi connectivity index (χ0v) is 5.37. The molecule has 10 heavy (non-hydrogen) atoms. The molecule has 2 nitrogen and oxygen atoms in total. The van der Waals surface area contributed by atoms with Gasteiger partial charge in [-0.2, -0.15) is 0 Å². The van der Waals surface area contributed by atoms with Gasteiger partial charge in [-0.1, -0.05) is 0 Å². The Morgan fingerprint density at radius 3 is 3.20 bits per heavy atom. The van der Waals surface area contributed by atoms with E-state index in [4.69, 9.17) is 10.1 Å². The number of nitrogens with two attached hydrogens (primary N) is 1. The summed E-state index contributed by atoms with van der Waals surface area (Å²) in [5, 5.41) is 1.09. The van der Waals surface area contributed by atoms with E-state index in [0.717, 1.165) is 16.7 Å². The zero-order chi connectivity index (χ0) is 6.97. The molecule has 0 bridgehead atoms. The van der Waals surface area contributed by atoms with Crippen LogP contribution in [0.25, 0.3) is 11.0 Å². The number of anilines is 1. The molecular formula is C7H6BNO. The van der Waals surface area contributed by atoms with Gasteiger partial charge in [-0.3, -0.25) is 0 Å². The molecule has 0 aliphatic rings. The zero-order valence-electron chi connectivity index (χ0n) is 5.37. The summed E-state index contributed by atoms with van der Waals surface area (Å²) >= 11 is 0. The Kier molecular flexibility index (Phi) is 1.03. The van der Waals surface area contributed by atoms with Crippen molar-refractivity contribution in [1.82, 2.24) is 0 Å². The average molecular weight is 131 g/mol. The fraction of sp³-hybridized carbons (Fsp3) is 0. The van der Waals surface area contributed by atoms with E-state index in [1.807, 2.05) is 24.2 Å². The number of benzene rings is 1. The van der Waals surface area contributed by atoms with Crippen molar-refractivity contribution in [2.75, 3.05) is 5.73 Å².